The summed E-state index contributed by atoms with van der Waals surface area (Å²) in [5.41, 5.74) is 10.8. The fraction of sp³-hybridized carbons (Fsp3) is 0.565. The number of aromatic nitrogens is 8. The van der Waals surface area contributed by atoms with Gasteiger partial charge in [0, 0.05) is 12.5 Å². The Kier molecular flexibility index (Phi) is 7.37. The van der Waals surface area contributed by atoms with Gasteiger partial charge in [-0.25, -0.2) is 29.1 Å². The summed E-state index contributed by atoms with van der Waals surface area (Å²) in [5.74, 6) is -0.410. The first kappa shape index (κ1) is 31.6. The van der Waals surface area contributed by atoms with Gasteiger partial charge in [-0.3, -0.25) is 32.4 Å². The average Bonchev–Trinajstić information content (AvgIpc) is 3.30. The number of aromatic amines is 1. The van der Waals surface area contributed by atoms with Crippen LogP contribution in [0.25, 0.3) is 22.3 Å². The molecule has 2 saturated carbocycles. The van der Waals surface area contributed by atoms with Crippen molar-refractivity contribution in [2.75, 3.05) is 31.8 Å². The number of nitrogens with two attached hydrogens (primary N) is 2. The molecule has 4 fully saturated rings. The summed E-state index contributed by atoms with van der Waals surface area (Å²) in [6, 6.07) is -0.713. The van der Waals surface area contributed by atoms with E-state index in [1.54, 1.807) is 4.57 Å². The van der Waals surface area contributed by atoms with Gasteiger partial charge in [0.25, 0.3) is 5.56 Å². The van der Waals surface area contributed by atoms with Crippen LogP contribution < -0.4 is 17.0 Å². The minimum Gasteiger partial charge on any atom is -0.388 e. The number of nitrogen functional groups attached to an aromatic ring is 2. The predicted molar refractivity (Wildman–Crippen MR) is 167 cm³/mol. The van der Waals surface area contributed by atoms with E-state index < -0.39 is 79.2 Å². The molecule has 2 unspecified atom stereocenters. The van der Waals surface area contributed by atoms with E-state index >= 15 is 0 Å². The quantitative estimate of drug-likeness (QED) is 0.124. The molecule has 4 aliphatic rings. The maximum atomic E-state index is 13.8. The molecule has 2 saturated heterocycles. The molecule has 8 rings (SSSR count). The zero-order chi connectivity index (χ0) is 33.0. The molecule has 2 aliphatic heterocycles. The maximum absolute atomic E-state index is 13.8. The number of thioether (sulfide) groups is 1. The van der Waals surface area contributed by atoms with E-state index in [1.165, 1.54) is 42.4 Å². The molecule has 4 aromatic rings. The number of nitrogens with one attached hydrogen (secondary N) is 1. The van der Waals surface area contributed by atoms with Crippen LogP contribution in [-0.2, 0) is 32.0 Å². The lowest BCUT2D eigenvalue weighted by molar-refractivity contribution is -0.0275. The number of hydrogen-bond acceptors (Lipinski definition) is 17. The summed E-state index contributed by atoms with van der Waals surface area (Å²) in [7, 11) is -3.50. The molecule has 6 heterocycles. The van der Waals surface area contributed by atoms with Crippen molar-refractivity contribution in [1.82, 2.24) is 39.0 Å². The minimum absolute atomic E-state index is 0.0163. The number of fused-ring (bicyclic) bond motifs is 4. The summed E-state index contributed by atoms with van der Waals surface area (Å²) < 4.78 is 59.4. The number of aliphatic hydroxyl groups is 1. The second-order valence-corrected chi connectivity index (χ2v) is 17.4. The number of H-pyrrole nitrogens is 1. The van der Waals surface area contributed by atoms with E-state index in [0.717, 1.165) is 0 Å². The Morgan fingerprint density at radius 3 is 2.68 bits per heavy atom. The normalized spacial score (nSPS) is 40.4. The second kappa shape index (κ2) is 10.9. The Labute approximate surface area is 273 Å². The molecule has 24 heteroatoms. The Morgan fingerprint density at radius 1 is 1.13 bits per heavy atom. The van der Waals surface area contributed by atoms with Crippen molar-refractivity contribution >= 4 is 72.7 Å². The highest BCUT2D eigenvalue weighted by Crippen LogP contribution is 2.73. The van der Waals surface area contributed by atoms with Gasteiger partial charge in [-0.1, -0.05) is 12.2 Å². The number of thiol groups is 1. The molecule has 0 aromatic carbocycles. The van der Waals surface area contributed by atoms with Crippen molar-refractivity contribution in [1.29, 1.82) is 0 Å². The van der Waals surface area contributed by atoms with Crippen molar-refractivity contribution in [3.63, 3.8) is 0 Å². The number of phosphoric acid groups is 1. The third kappa shape index (κ3) is 5.04. The third-order valence-electron chi connectivity index (χ3n) is 9.21. The summed E-state index contributed by atoms with van der Waals surface area (Å²) in [6.07, 6.45) is -0.216. The summed E-state index contributed by atoms with van der Waals surface area (Å²) in [6.45, 7) is -4.89. The van der Waals surface area contributed by atoms with Crippen LogP contribution in [0.1, 0.15) is 17.8 Å². The van der Waals surface area contributed by atoms with Crippen LogP contribution in [0.3, 0.4) is 0 Å². The molecule has 0 amide bonds. The van der Waals surface area contributed by atoms with Gasteiger partial charge in [0.15, 0.2) is 22.6 Å². The summed E-state index contributed by atoms with van der Waals surface area (Å²) in [4.78, 5) is 46.8. The number of anilines is 2. The van der Waals surface area contributed by atoms with Gasteiger partial charge in [0.2, 0.25) is 5.95 Å². The molecule has 2 aliphatic carbocycles. The van der Waals surface area contributed by atoms with Crippen LogP contribution in [0.5, 0.6) is 0 Å². The van der Waals surface area contributed by atoms with Gasteiger partial charge in [-0.15, -0.1) is 11.8 Å². The first-order valence-electron chi connectivity index (χ1n) is 14.2. The Bertz CT molecular complexity index is 2070. The monoisotopic (exact) mass is 730 g/mol. The maximum Gasteiger partial charge on any atom is 0.472 e. The molecule has 4 aromatic heterocycles. The average molecular weight is 731 g/mol. The van der Waals surface area contributed by atoms with Crippen molar-refractivity contribution < 1.29 is 42.0 Å². The Hall–Kier alpha value is -2.62. The largest absolute Gasteiger partial charge is 0.472 e. The lowest BCUT2D eigenvalue weighted by Gasteiger charge is -2.30. The van der Waals surface area contributed by atoms with Crippen LogP contribution in [-0.4, -0.2) is 99.0 Å². The molecular formula is C23H28N10O10P2S2. The fourth-order valence-electron chi connectivity index (χ4n) is 7.08. The predicted octanol–water partition coefficient (Wildman–Crippen LogP) is 0.630. The SMILES string of the molecule is CO[C@H]1[C@H]2OP(=O)(O)OCC34C[C@@H]3[C@@H](n3cnc5c(N)ncnc53)[C@H](O)[C@@H]4O[P@](=O)(S)OC[C@H]1S[C@H]2n1cnc2c(=O)[nH]c(N)nc21. The smallest absolute Gasteiger partial charge is 0.388 e. The Balaban J connectivity index is 1.15. The van der Waals surface area contributed by atoms with Gasteiger partial charge >= 0.3 is 14.6 Å². The molecule has 0 radical (unpaired) electrons. The zero-order valence-electron chi connectivity index (χ0n) is 24.2. The highest BCUT2D eigenvalue weighted by molar-refractivity contribution is 8.44. The number of nitrogens with zero attached hydrogens (tertiary/aromatic N) is 7. The van der Waals surface area contributed by atoms with E-state index in [1.807, 2.05) is 0 Å². The number of methoxy groups -OCH3 is 1. The summed E-state index contributed by atoms with van der Waals surface area (Å²) >= 11 is 5.41. The van der Waals surface area contributed by atoms with E-state index in [2.05, 4.69) is 42.2 Å². The van der Waals surface area contributed by atoms with Crippen molar-refractivity contribution in [3.8, 4) is 0 Å². The number of ether oxygens (including phenoxy) is 1. The lowest BCUT2D eigenvalue weighted by atomic mass is 10.0. The minimum atomic E-state index is -4.87. The van der Waals surface area contributed by atoms with Crippen LogP contribution in [0.15, 0.2) is 23.8 Å². The number of imidazole rings is 2. The molecule has 7 N–H and O–H groups in total. The summed E-state index contributed by atoms with van der Waals surface area (Å²) in [5, 5.41) is 10.1. The molecule has 11 atom stereocenters. The fourth-order valence-corrected chi connectivity index (χ4v) is 11.4. The van der Waals surface area contributed by atoms with Crippen molar-refractivity contribution in [3.05, 3.63) is 29.3 Å². The topological polar surface area (TPSA) is 280 Å². The van der Waals surface area contributed by atoms with E-state index in [-0.39, 0.29) is 29.5 Å². The van der Waals surface area contributed by atoms with Gasteiger partial charge in [0.1, 0.15) is 41.6 Å². The number of aliphatic hydroxyl groups excluding tert-OH is 1. The van der Waals surface area contributed by atoms with Gasteiger partial charge in [-0.05, 0) is 12.3 Å². The number of phosphoric ester groups is 1. The molecule has 252 valence electrons. The van der Waals surface area contributed by atoms with Gasteiger partial charge < -0.3 is 30.8 Å². The molecule has 1 spiro atoms. The van der Waals surface area contributed by atoms with E-state index in [4.69, 9.17) is 34.3 Å². The highest BCUT2D eigenvalue weighted by atomic mass is 32.7. The van der Waals surface area contributed by atoms with E-state index in [0.29, 0.717) is 17.6 Å². The molecule has 2 bridgehead atoms. The molecule has 20 nitrogen and oxygen atoms in total. The van der Waals surface area contributed by atoms with Crippen molar-refractivity contribution in [2.24, 2.45) is 11.3 Å². The number of hydrogen-bond donors (Lipinski definition) is 6. The van der Waals surface area contributed by atoms with E-state index in [9.17, 15) is 23.9 Å². The van der Waals surface area contributed by atoms with Crippen LogP contribution in [0.4, 0.5) is 11.8 Å². The second-order valence-electron chi connectivity index (χ2n) is 11.8. The standard InChI is InChI=1S/C23H28N10O10P2S2/c1-39-14-9-3-40-45(38,46)43-16-13(34)12(32-6-28-10-17(24)26-5-27-18(10)32)8-2-23(8,16)4-41-44(36,37)42-15(14)21(47-9)33-7-29-11-19(33)30-22(25)31-20(11)35/h5-9,12-16,21,34H,2-4H2,1H3,(H,36,37)(H,38,46)(H2,24,26,27)(H3,25,30,31,35)/t8-,9-,12-,13+,14-,15-,16+,21-,23?,45-/m1/s1. The van der Waals surface area contributed by atoms with Crippen molar-refractivity contribution in [2.45, 2.75) is 47.5 Å². The van der Waals surface area contributed by atoms with Gasteiger partial charge in [0.05, 0.1) is 37.2 Å². The zero-order valence-corrected chi connectivity index (χ0v) is 27.7. The van der Waals surface area contributed by atoms with Crippen LogP contribution >= 0.6 is 38.6 Å². The number of rotatable bonds is 3. The molecular weight excluding hydrogens is 702 g/mol. The van der Waals surface area contributed by atoms with Crippen LogP contribution in [0, 0.1) is 11.3 Å². The van der Waals surface area contributed by atoms with Gasteiger partial charge in [-0.2, -0.15) is 4.98 Å². The van der Waals surface area contributed by atoms with Crippen LogP contribution in [0.2, 0.25) is 0 Å². The molecule has 47 heavy (non-hydrogen) atoms. The highest BCUT2D eigenvalue weighted by Gasteiger charge is 2.74. The first-order valence-corrected chi connectivity index (χ1v) is 19.3. The lowest BCUT2D eigenvalue weighted by Crippen LogP contribution is -2.37. The Morgan fingerprint density at radius 2 is 1.89 bits per heavy atom. The first-order chi connectivity index (χ1) is 22.3. The third-order valence-corrected chi connectivity index (χ3v) is 13.3.